The van der Waals surface area contributed by atoms with Gasteiger partial charge in [0.15, 0.2) is 0 Å². The highest BCUT2D eigenvalue weighted by molar-refractivity contribution is 7.98. The molecule has 1 unspecified atom stereocenters. The third-order valence-electron chi connectivity index (χ3n) is 6.02. The summed E-state index contributed by atoms with van der Waals surface area (Å²) in [6.45, 7) is 1.95. The van der Waals surface area contributed by atoms with E-state index in [0.717, 1.165) is 34.4 Å². The Labute approximate surface area is 177 Å². The molecule has 0 aromatic heterocycles. The highest BCUT2D eigenvalue weighted by Crippen LogP contribution is 2.43. The van der Waals surface area contributed by atoms with Gasteiger partial charge in [0.2, 0.25) is 0 Å². The van der Waals surface area contributed by atoms with Gasteiger partial charge in [0, 0.05) is 15.5 Å². The number of thioether (sulfide) groups is 1. The van der Waals surface area contributed by atoms with Crippen molar-refractivity contribution in [3.63, 3.8) is 0 Å². The molecule has 1 amide bonds. The van der Waals surface area contributed by atoms with Crippen molar-refractivity contribution in [2.45, 2.75) is 49.1 Å². The molecule has 3 rings (SSSR count). The Bertz CT molecular complexity index is 832. The van der Waals surface area contributed by atoms with Crippen LogP contribution in [0.25, 0.3) is 0 Å². The minimum Gasteiger partial charge on any atom is -0.343 e. The van der Waals surface area contributed by atoms with Crippen LogP contribution in [0.1, 0.15) is 53.2 Å². The summed E-state index contributed by atoms with van der Waals surface area (Å²) in [5.74, 6) is -0.0273. The summed E-state index contributed by atoms with van der Waals surface area (Å²) in [4.78, 5) is 16.7. The lowest BCUT2D eigenvalue weighted by Gasteiger charge is -2.44. The number of nitrogens with zero attached hydrogens (tertiary/aromatic N) is 1. The van der Waals surface area contributed by atoms with Crippen molar-refractivity contribution in [1.29, 1.82) is 0 Å². The summed E-state index contributed by atoms with van der Waals surface area (Å²) in [5.41, 5.74) is 2.72. The molecule has 1 fully saturated rings. The molecule has 0 bridgehead atoms. The summed E-state index contributed by atoms with van der Waals surface area (Å²) in [5, 5.41) is 4.08. The Kier molecular flexibility index (Phi) is 6.74. The number of carbonyl (C=O) groups excluding carboxylic acids is 1. The lowest BCUT2D eigenvalue weighted by molar-refractivity contribution is 0.0763. The number of aryl methyl sites for hydroxylation is 1. The summed E-state index contributed by atoms with van der Waals surface area (Å²) in [6, 6.07) is 14.0. The molecule has 0 saturated heterocycles. The summed E-state index contributed by atoms with van der Waals surface area (Å²) in [6.07, 6.45) is 6.51. The van der Waals surface area contributed by atoms with Gasteiger partial charge in [-0.25, -0.2) is 0 Å². The summed E-state index contributed by atoms with van der Waals surface area (Å²) >= 11 is 7.78. The second-order valence-corrected chi connectivity index (χ2v) is 9.11. The first-order chi connectivity index (χ1) is 13.4. The molecule has 28 heavy (non-hydrogen) atoms. The number of benzene rings is 2. The van der Waals surface area contributed by atoms with Gasteiger partial charge in [-0.1, -0.05) is 54.8 Å². The number of rotatable bonds is 6. The average molecular weight is 417 g/mol. The van der Waals surface area contributed by atoms with E-state index in [1.807, 2.05) is 43.5 Å². The third kappa shape index (κ3) is 4.10. The van der Waals surface area contributed by atoms with Crippen molar-refractivity contribution in [2.24, 2.45) is 0 Å². The molecule has 1 atom stereocenters. The maximum Gasteiger partial charge on any atom is 0.253 e. The fourth-order valence-electron chi connectivity index (χ4n) is 4.52. The van der Waals surface area contributed by atoms with Crippen molar-refractivity contribution in [3.8, 4) is 0 Å². The maximum atomic E-state index is 13.5. The van der Waals surface area contributed by atoms with E-state index in [1.54, 1.807) is 11.8 Å². The zero-order valence-corrected chi connectivity index (χ0v) is 18.7. The molecule has 2 aromatic rings. The maximum absolute atomic E-state index is 13.5. The first-order valence-corrected chi connectivity index (χ1v) is 11.4. The van der Waals surface area contributed by atoms with Crippen LogP contribution >= 0.6 is 23.4 Å². The third-order valence-corrected chi connectivity index (χ3v) is 7.00. The van der Waals surface area contributed by atoms with Crippen molar-refractivity contribution in [3.05, 3.63) is 64.2 Å². The topological polar surface area (TPSA) is 32.3 Å². The molecule has 0 aliphatic heterocycles. The fraction of sp³-hybridized carbons (Fsp3) is 0.435. The molecule has 1 aliphatic carbocycles. The Morgan fingerprint density at radius 3 is 2.39 bits per heavy atom. The van der Waals surface area contributed by atoms with Crippen LogP contribution in [-0.2, 0) is 0 Å². The van der Waals surface area contributed by atoms with E-state index >= 15 is 0 Å². The Morgan fingerprint density at radius 1 is 1.18 bits per heavy atom. The van der Waals surface area contributed by atoms with E-state index in [-0.39, 0.29) is 17.5 Å². The van der Waals surface area contributed by atoms with Gasteiger partial charge >= 0.3 is 0 Å². The number of carbonyl (C=O) groups is 1. The van der Waals surface area contributed by atoms with Crippen LogP contribution in [0.5, 0.6) is 0 Å². The molecule has 5 heteroatoms. The van der Waals surface area contributed by atoms with Gasteiger partial charge < -0.3 is 10.2 Å². The van der Waals surface area contributed by atoms with Gasteiger partial charge in [-0.3, -0.25) is 4.79 Å². The van der Waals surface area contributed by atoms with E-state index in [4.69, 9.17) is 11.6 Å². The molecule has 1 aliphatic rings. The smallest absolute Gasteiger partial charge is 0.253 e. The molecule has 2 aromatic carbocycles. The molecule has 0 radical (unpaired) electrons. The number of likely N-dealkylation sites (N-methyl/N-ethyl adjacent to an activating group) is 1. The van der Waals surface area contributed by atoms with Crippen LogP contribution < -0.4 is 5.32 Å². The number of halogens is 1. The van der Waals surface area contributed by atoms with Crippen molar-refractivity contribution in [2.75, 3.05) is 20.4 Å². The zero-order chi connectivity index (χ0) is 20.3. The Hall–Kier alpha value is -1.49. The first kappa shape index (κ1) is 21.2. The van der Waals surface area contributed by atoms with Crippen LogP contribution in [0.2, 0.25) is 5.02 Å². The van der Waals surface area contributed by atoms with Gasteiger partial charge in [-0.05, 0) is 63.4 Å². The number of amides is 1. The highest BCUT2D eigenvalue weighted by atomic mass is 35.5. The fourth-order valence-corrected chi connectivity index (χ4v) is 5.56. The second kappa shape index (κ2) is 8.89. The molecule has 150 valence electrons. The number of hydrogen-bond acceptors (Lipinski definition) is 3. The van der Waals surface area contributed by atoms with Crippen molar-refractivity contribution >= 4 is 29.3 Å². The van der Waals surface area contributed by atoms with E-state index in [1.165, 1.54) is 12.8 Å². The predicted octanol–water partition coefficient (Wildman–Crippen LogP) is 5.72. The quantitative estimate of drug-likeness (QED) is 0.611. The van der Waals surface area contributed by atoms with Crippen LogP contribution in [-0.4, -0.2) is 36.7 Å². The molecule has 1 N–H and O–H groups in total. The molecule has 3 nitrogen and oxygen atoms in total. The molecular weight excluding hydrogens is 388 g/mol. The largest absolute Gasteiger partial charge is 0.343 e. The van der Waals surface area contributed by atoms with Crippen LogP contribution in [0.15, 0.2) is 47.4 Å². The Balaban J connectivity index is 2.03. The highest BCUT2D eigenvalue weighted by Gasteiger charge is 2.44. The predicted molar refractivity (Wildman–Crippen MR) is 120 cm³/mol. The Morgan fingerprint density at radius 2 is 1.82 bits per heavy atom. The molecule has 1 saturated carbocycles. The van der Waals surface area contributed by atoms with E-state index in [0.29, 0.717) is 5.02 Å². The van der Waals surface area contributed by atoms with E-state index in [2.05, 4.69) is 36.4 Å². The monoisotopic (exact) mass is 416 g/mol. The zero-order valence-electron chi connectivity index (χ0n) is 17.1. The number of hydrogen-bond donors (Lipinski definition) is 1. The van der Waals surface area contributed by atoms with Gasteiger partial charge in [0.05, 0.1) is 11.6 Å². The first-order valence-electron chi connectivity index (χ1n) is 9.76. The molecule has 0 spiro atoms. The molecule has 0 heterocycles. The van der Waals surface area contributed by atoms with Crippen LogP contribution in [0.4, 0.5) is 0 Å². The van der Waals surface area contributed by atoms with Crippen LogP contribution in [0.3, 0.4) is 0 Å². The molecular formula is C23H29ClN2OS. The average Bonchev–Trinajstić information content (AvgIpc) is 3.17. The normalized spacial score (nSPS) is 16.9. The van der Waals surface area contributed by atoms with E-state index < -0.39 is 0 Å². The standard InChI is InChI=1S/C23H29ClN2OS/c1-16-14-18(24)15-19(28-4)20(16)22(27)25-21(17-10-6-5-7-11-17)23(26(2)3)12-8-9-13-23/h5-7,10-11,14-15,21H,8-9,12-13H2,1-4H3,(H,25,27). The van der Waals surface area contributed by atoms with Gasteiger partial charge in [0.1, 0.15) is 0 Å². The van der Waals surface area contributed by atoms with Crippen LogP contribution in [0, 0.1) is 6.92 Å². The SMILES string of the molecule is CSc1cc(Cl)cc(C)c1C(=O)NC(c1ccccc1)C1(N(C)C)CCCC1. The second-order valence-electron chi connectivity index (χ2n) is 7.82. The van der Waals surface area contributed by atoms with Gasteiger partial charge in [-0.2, -0.15) is 0 Å². The summed E-state index contributed by atoms with van der Waals surface area (Å²) in [7, 11) is 4.27. The lowest BCUT2D eigenvalue weighted by atomic mass is 9.82. The summed E-state index contributed by atoms with van der Waals surface area (Å²) < 4.78 is 0. The minimum atomic E-state index is -0.0726. The van der Waals surface area contributed by atoms with E-state index in [9.17, 15) is 4.79 Å². The van der Waals surface area contributed by atoms with Gasteiger partial charge in [0.25, 0.3) is 5.91 Å². The van der Waals surface area contributed by atoms with Gasteiger partial charge in [-0.15, -0.1) is 11.8 Å². The minimum absolute atomic E-state index is 0.0273. The van der Waals surface area contributed by atoms with Crippen molar-refractivity contribution < 1.29 is 4.79 Å². The van der Waals surface area contributed by atoms with Crippen molar-refractivity contribution in [1.82, 2.24) is 10.2 Å². The number of nitrogens with one attached hydrogen (secondary N) is 1. The lowest BCUT2D eigenvalue weighted by Crippen LogP contribution is -2.53.